The molecule has 4 rings (SSSR count). The summed E-state index contributed by atoms with van der Waals surface area (Å²) < 4.78 is 0. The van der Waals surface area contributed by atoms with Crippen LogP contribution in [0.5, 0.6) is 0 Å². The Labute approximate surface area is 166 Å². The Bertz CT molecular complexity index is 620. The van der Waals surface area contributed by atoms with Crippen molar-refractivity contribution in [1.29, 1.82) is 0 Å². The molecule has 3 heterocycles. The number of likely N-dealkylation sites (tertiary alicyclic amines) is 3. The molecule has 27 heavy (non-hydrogen) atoms. The zero-order valence-electron chi connectivity index (χ0n) is 17.8. The summed E-state index contributed by atoms with van der Waals surface area (Å²) in [6.45, 7) is 15.9. The second kappa shape index (κ2) is 8.23. The summed E-state index contributed by atoms with van der Waals surface area (Å²) in [5.74, 6) is 0. The lowest BCUT2D eigenvalue weighted by atomic mass is 9.79. The van der Waals surface area contributed by atoms with E-state index in [0.29, 0.717) is 11.5 Å². The highest BCUT2D eigenvalue weighted by molar-refractivity contribution is 5.22. The van der Waals surface area contributed by atoms with E-state index in [1.54, 1.807) is 0 Å². The van der Waals surface area contributed by atoms with Gasteiger partial charge in [0.2, 0.25) is 0 Å². The fraction of sp³-hybridized carbons (Fsp3) is 0.750. The molecule has 3 aliphatic rings. The molecule has 0 bridgehead atoms. The van der Waals surface area contributed by atoms with Crippen molar-refractivity contribution in [2.45, 2.75) is 71.5 Å². The molecule has 1 spiro atoms. The van der Waals surface area contributed by atoms with Crippen LogP contribution in [0.25, 0.3) is 0 Å². The first kappa shape index (κ1) is 19.4. The van der Waals surface area contributed by atoms with Crippen LogP contribution in [0.2, 0.25) is 0 Å². The van der Waals surface area contributed by atoms with Crippen LogP contribution in [-0.2, 0) is 6.54 Å². The smallest absolute Gasteiger partial charge is 0.0234 e. The van der Waals surface area contributed by atoms with E-state index >= 15 is 0 Å². The van der Waals surface area contributed by atoms with Crippen molar-refractivity contribution < 1.29 is 0 Å². The largest absolute Gasteiger partial charge is 0.301 e. The molecule has 1 aromatic rings. The fourth-order valence-electron chi connectivity index (χ4n) is 5.90. The van der Waals surface area contributed by atoms with Gasteiger partial charge in [0.05, 0.1) is 0 Å². The maximum absolute atomic E-state index is 2.87. The van der Waals surface area contributed by atoms with Gasteiger partial charge in [-0.15, -0.1) is 0 Å². The molecular weight excluding hydrogens is 330 g/mol. The molecule has 0 amide bonds. The predicted molar refractivity (Wildman–Crippen MR) is 114 cm³/mol. The maximum Gasteiger partial charge on any atom is 0.0234 e. The van der Waals surface area contributed by atoms with Crippen molar-refractivity contribution in [3.05, 3.63) is 35.4 Å². The summed E-state index contributed by atoms with van der Waals surface area (Å²) in [6.07, 6.45) is 6.99. The first-order valence-electron chi connectivity index (χ1n) is 11.3. The molecule has 0 aliphatic carbocycles. The Morgan fingerprint density at radius 2 is 1.85 bits per heavy atom. The Morgan fingerprint density at radius 3 is 2.59 bits per heavy atom. The van der Waals surface area contributed by atoms with E-state index in [1.807, 2.05) is 0 Å². The zero-order valence-corrected chi connectivity index (χ0v) is 17.8. The molecule has 3 nitrogen and oxygen atoms in total. The lowest BCUT2D eigenvalue weighted by molar-refractivity contribution is 0.0654. The van der Waals surface area contributed by atoms with E-state index in [9.17, 15) is 0 Å². The van der Waals surface area contributed by atoms with Gasteiger partial charge in [0.15, 0.2) is 0 Å². The predicted octanol–water partition coefficient (Wildman–Crippen LogP) is 4.16. The number of piperidine rings is 2. The van der Waals surface area contributed by atoms with Crippen molar-refractivity contribution in [2.24, 2.45) is 5.41 Å². The van der Waals surface area contributed by atoms with Gasteiger partial charge in [-0.05, 0) is 90.0 Å². The van der Waals surface area contributed by atoms with Crippen LogP contribution in [0, 0.1) is 12.3 Å². The van der Waals surface area contributed by atoms with Crippen LogP contribution >= 0.6 is 0 Å². The molecule has 1 unspecified atom stereocenters. The summed E-state index contributed by atoms with van der Waals surface area (Å²) in [5, 5.41) is 0. The molecule has 3 aliphatic heterocycles. The highest BCUT2D eigenvalue weighted by atomic mass is 15.2. The van der Waals surface area contributed by atoms with Crippen molar-refractivity contribution in [2.75, 3.05) is 39.3 Å². The number of hydrogen-bond acceptors (Lipinski definition) is 3. The van der Waals surface area contributed by atoms with E-state index in [4.69, 9.17) is 0 Å². The first-order chi connectivity index (χ1) is 13.0. The van der Waals surface area contributed by atoms with Gasteiger partial charge in [-0.1, -0.05) is 29.8 Å². The minimum Gasteiger partial charge on any atom is -0.301 e. The van der Waals surface area contributed by atoms with Crippen LogP contribution in [0.1, 0.15) is 57.1 Å². The van der Waals surface area contributed by atoms with E-state index in [-0.39, 0.29) is 0 Å². The van der Waals surface area contributed by atoms with Crippen LogP contribution in [0.3, 0.4) is 0 Å². The monoisotopic (exact) mass is 369 g/mol. The Kier molecular flexibility index (Phi) is 5.92. The minimum absolute atomic E-state index is 0.567. The van der Waals surface area contributed by atoms with Crippen molar-refractivity contribution in [3.8, 4) is 0 Å². The average molecular weight is 370 g/mol. The van der Waals surface area contributed by atoms with Crippen LogP contribution in [0.4, 0.5) is 0 Å². The van der Waals surface area contributed by atoms with Crippen LogP contribution in [0.15, 0.2) is 24.3 Å². The van der Waals surface area contributed by atoms with Crippen LogP contribution < -0.4 is 0 Å². The number of aryl methyl sites for hydroxylation is 1. The third-order valence-electron chi connectivity index (χ3n) is 7.44. The van der Waals surface area contributed by atoms with E-state index in [1.165, 1.54) is 82.5 Å². The van der Waals surface area contributed by atoms with Gasteiger partial charge < -0.3 is 4.90 Å². The van der Waals surface area contributed by atoms with Gasteiger partial charge >= 0.3 is 0 Å². The molecule has 0 saturated carbocycles. The van der Waals surface area contributed by atoms with Gasteiger partial charge in [0.1, 0.15) is 0 Å². The number of rotatable bonds is 4. The summed E-state index contributed by atoms with van der Waals surface area (Å²) >= 11 is 0. The Morgan fingerprint density at radius 1 is 1.04 bits per heavy atom. The lowest BCUT2D eigenvalue weighted by Gasteiger charge is -2.42. The summed E-state index contributed by atoms with van der Waals surface area (Å²) in [6, 6.07) is 10.6. The van der Waals surface area contributed by atoms with Gasteiger partial charge in [0.25, 0.3) is 0 Å². The standard InChI is InChI=1S/C24H39N3/c1-20(2)26-13-8-23(9-14-26)27-15-11-24(19-27)10-5-12-25(18-24)17-22-7-4-6-21(3)16-22/h4,6-7,16,20,23H,5,8-15,17-19H2,1-3H3. The number of hydrogen-bond donors (Lipinski definition) is 0. The molecular formula is C24H39N3. The van der Waals surface area contributed by atoms with Gasteiger partial charge in [-0.2, -0.15) is 0 Å². The second-order valence-corrected chi connectivity index (χ2v) is 9.88. The zero-order chi connectivity index (χ0) is 18.9. The van der Waals surface area contributed by atoms with E-state index in [0.717, 1.165) is 12.6 Å². The highest BCUT2D eigenvalue weighted by Gasteiger charge is 2.43. The van der Waals surface area contributed by atoms with E-state index in [2.05, 4.69) is 59.7 Å². The van der Waals surface area contributed by atoms with Crippen molar-refractivity contribution in [1.82, 2.24) is 14.7 Å². The Balaban J connectivity index is 1.33. The average Bonchev–Trinajstić information content (AvgIpc) is 3.05. The van der Waals surface area contributed by atoms with Crippen LogP contribution in [-0.4, -0.2) is 66.1 Å². The van der Waals surface area contributed by atoms with Crippen molar-refractivity contribution in [3.63, 3.8) is 0 Å². The molecule has 3 heteroatoms. The van der Waals surface area contributed by atoms with Gasteiger partial charge in [-0.25, -0.2) is 0 Å². The normalized spacial score (nSPS) is 29.2. The maximum atomic E-state index is 2.87. The summed E-state index contributed by atoms with van der Waals surface area (Å²) in [5.41, 5.74) is 3.44. The quantitative estimate of drug-likeness (QED) is 0.789. The van der Waals surface area contributed by atoms with E-state index < -0.39 is 0 Å². The topological polar surface area (TPSA) is 9.72 Å². The fourth-order valence-corrected chi connectivity index (χ4v) is 5.90. The molecule has 3 saturated heterocycles. The van der Waals surface area contributed by atoms with Gasteiger partial charge in [0, 0.05) is 31.7 Å². The SMILES string of the molecule is Cc1cccc(CN2CCCC3(CCN(C4CCN(C(C)C)CC4)C3)C2)c1. The summed E-state index contributed by atoms with van der Waals surface area (Å²) in [4.78, 5) is 8.27. The Hall–Kier alpha value is -0.900. The highest BCUT2D eigenvalue weighted by Crippen LogP contribution is 2.41. The molecule has 1 aromatic carbocycles. The molecule has 150 valence electrons. The molecule has 0 aromatic heterocycles. The number of nitrogens with zero attached hydrogens (tertiary/aromatic N) is 3. The third kappa shape index (κ3) is 4.58. The molecule has 3 fully saturated rings. The lowest BCUT2D eigenvalue weighted by Crippen LogP contribution is -2.48. The second-order valence-electron chi connectivity index (χ2n) is 9.88. The van der Waals surface area contributed by atoms with Gasteiger partial charge in [-0.3, -0.25) is 9.80 Å². The summed E-state index contributed by atoms with van der Waals surface area (Å²) in [7, 11) is 0. The minimum atomic E-state index is 0.567. The third-order valence-corrected chi connectivity index (χ3v) is 7.44. The molecule has 1 atom stereocenters. The molecule has 0 radical (unpaired) electrons. The molecule has 0 N–H and O–H groups in total. The number of benzene rings is 1. The first-order valence-corrected chi connectivity index (χ1v) is 11.3. The van der Waals surface area contributed by atoms with Crippen molar-refractivity contribution >= 4 is 0 Å².